The lowest BCUT2D eigenvalue weighted by Crippen LogP contribution is -2.49. The van der Waals surface area contributed by atoms with Gasteiger partial charge in [-0.05, 0) is 49.7 Å². The monoisotopic (exact) mass is 340 g/mol. The van der Waals surface area contributed by atoms with Crippen LogP contribution < -0.4 is 0 Å². The van der Waals surface area contributed by atoms with E-state index in [9.17, 15) is 9.59 Å². The van der Waals surface area contributed by atoms with Crippen LogP contribution in [0.1, 0.15) is 49.7 Å². The van der Waals surface area contributed by atoms with E-state index in [1.807, 2.05) is 9.80 Å². The van der Waals surface area contributed by atoms with Crippen LogP contribution in [0.4, 0.5) is 0 Å². The molecule has 2 aliphatic heterocycles. The number of amides is 2. The Bertz CT molecular complexity index is 624. The molecule has 2 fully saturated rings. The molecule has 3 aliphatic rings. The molecule has 1 unspecified atom stereocenters. The third kappa shape index (κ3) is 3.31. The van der Waals surface area contributed by atoms with E-state index in [2.05, 4.69) is 24.3 Å². The van der Waals surface area contributed by atoms with Crippen molar-refractivity contribution in [2.45, 2.75) is 57.4 Å². The normalized spacial score (nSPS) is 24.2. The van der Waals surface area contributed by atoms with Gasteiger partial charge in [0.15, 0.2) is 0 Å². The minimum atomic E-state index is -0.214. The average Bonchev–Trinajstić information content (AvgIpc) is 3.29. The number of hydrogen-bond acceptors (Lipinski definition) is 2. The fourth-order valence-electron chi connectivity index (χ4n) is 4.79. The number of likely N-dealkylation sites (tertiary alicyclic amines) is 1. The Morgan fingerprint density at radius 2 is 1.44 bits per heavy atom. The van der Waals surface area contributed by atoms with Gasteiger partial charge < -0.3 is 9.80 Å². The maximum absolute atomic E-state index is 13.2. The van der Waals surface area contributed by atoms with E-state index < -0.39 is 0 Å². The van der Waals surface area contributed by atoms with Crippen LogP contribution in [0.2, 0.25) is 0 Å². The van der Waals surface area contributed by atoms with Crippen molar-refractivity contribution in [3.8, 4) is 0 Å². The number of nitrogens with zero attached hydrogens (tertiary/aromatic N) is 2. The molecule has 1 saturated heterocycles. The second kappa shape index (κ2) is 7.19. The highest BCUT2D eigenvalue weighted by molar-refractivity contribution is 5.89. The fraction of sp³-hybridized carbons (Fsp3) is 0.619. The van der Waals surface area contributed by atoms with Gasteiger partial charge >= 0.3 is 0 Å². The SMILES string of the molecule is O=C(C1CCCN1C(=O)C1CCCC1)N1CCc2ccccc2CC1. The molecule has 4 nitrogen and oxygen atoms in total. The number of carbonyl (C=O) groups is 2. The van der Waals surface area contributed by atoms with Crippen LogP contribution in [0.5, 0.6) is 0 Å². The summed E-state index contributed by atoms with van der Waals surface area (Å²) >= 11 is 0. The summed E-state index contributed by atoms with van der Waals surface area (Å²) in [4.78, 5) is 29.9. The average molecular weight is 340 g/mol. The quantitative estimate of drug-likeness (QED) is 0.831. The summed E-state index contributed by atoms with van der Waals surface area (Å²) in [6.07, 6.45) is 7.98. The Morgan fingerprint density at radius 3 is 2.08 bits per heavy atom. The summed E-state index contributed by atoms with van der Waals surface area (Å²) < 4.78 is 0. The molecule has 0 N–H and O–H groups in total. The summed E-state index contributed by atoms with van der Waals surface area (Å²) in [6, 6.07) is 8.29. The summed E-state index contributed by atoms with van der Waals surface area (Å²) in [6.45, 7) is 2.31. The van der Waals surface area contributed by atoms with Crippen molar-refractivity contribution >= 4 is 11.8 Å². The Kier molecular flexibility index (Phi) is 4.78. The zero-order chi connectivity index (χ0) is 17.2. The Hall–Kier alpha value is -1.84. The minimum absolute atomic E-state index is 0.168. The van der Waals surface area contributed by atoms with Crippen molar-refractivity contribution in [1.82, 2.24) is 9.80 Å². The maximum atomic E-state index is 13.2. The van der Waals surface area contributed by atoms with Crippen LogP contribution in [0, 0.1) is 5.92 Å². The smallest absolute Gasteiger partial charge is 0.245 e. The largest absolute Gasteiger partial charge is 0.340 e. The highest BCUT2D eigenvalue weighted by atomic mass is 16.2. The van der Waals surface area contributed by atoms with Gasteiger partial charge in [-0.1, -0.05) is 37.1 Å². The van der Waals surface area contributed by atoms with Gasteiger partial charge in [0.1, 0.15) is 6.04 Å². The van der Waals surface area contributed by atoms with E-state index in [4.69, 9.17) is 0 Å². The summed E-state index contributed by atoms with van der Waals surface area (Å²) in [5.41, 5.74) is 2.73. The van der Waals surface area contributed by atoms with Gasteiger partial charge in [0.05, 0.1) is 0 Å². The molecule has 4 rings (SSSR count). The highest BCUT2D eigenvalue weighted by Crippen LogP contribution is 2.30. The van der Waals surface area contributed by atoms with Crippen molar-refractivity contribution in [3.63, 3.8) is 0 Å². The molecule has 1 atom stereocenters. The molecule has 1 aromatic carbocycles. The topological polar surface area (TPSA) is 40.6 Å². The van der Waals surface area contributed by atoms with E-state index in [-0.39, 0.29) is 23.8 Å². The predicted molar refractivity (Wildman–Crippen MR) is 97.1 cm³/mol. The number of carbonyl (C=O) groups excluding carboxylic acids is 2. The molecule has 134 valence electrons. The molecule has 1 aliphatic carbocycles. The van der Waals surface area contributed by atoms with Gasteiger partial charge in [0.25, 0.3) is 0 Å². The summed E-state index contributed by atoms with van der Waals surface area (Å²) in [5, 5.41) is 0. The molecular weight excluding hydrogens is 312 g/mol. The molecule has 2 heterocycles. The molecular formula is C21H28N2O2. The Morgan fingerprint density at radius 1 is 0.800 bits per heavy atom. The molecule has 4 heteroatoms. The van der Waals surface area contributed by atoms with Crippen LogP contribution in [0.15, 0.2) is 24.3 Å². The molecule has 2 amide bonds. The second-order valence-corrected chi connectivity index (χ2v) is 7.77. The first-order chi connectivity index (χ1) is 12.2. The first kappa shape index (κ1) is 16.6. The van der Waals surface area contributed by atoms with Crippen LogP contribution in [0.3, 0.4) is 0 Å². The number of rotatable bonds is 2. The van der Waals surface area contributed by atoms with E-state index >= 15 is 0 Å². The van der Waals surface area contributed by atoms with E-state index in [0.29, 0.717) is 0 Å². The van der Waals surface area contributed by atoms with Crippen molar-refractivity contribution in [1.29, 1.82) is 0 Å². The standard InChI is InChI=1S/C21H28N2O2/c24-20(18-8-3-4-9-18)23-13-5-10-19(23)21(25)22-14-11-16-6-1-2-7-17(16)12-15-22/h1-2,6-7,18-19H,3-5,8-15H2. The number of benzene rings is 1. The lowest BCUT2D eigenvalue weighted by molar-refractivity contribution is -0.145. The second-order valence-electron chi connectivity index (χ2n) is 7.77. The van der Waals surface area contributed by atoms with Gasteiger partial charge in [0, 0.05) is 25.6 Å². The van der Waals surface area contributed by atoms with Crippen molar-refractivity contribution < 1.29 is 9.59 Å². The van der Waals surface area contributed by atoms with Crippen molar-refractivity contribution in [2.75, 3.05) is 19.6 Å². The minimum Gasteiger partial charge on any atom is -0.340 e. The molecule has 25 heavy (non-hydrogen) atoms. The Balaban J connectivity index is 1.44. The van der Waals surface area contributed by atoms with Crippen molar-refractivity contribution in [3.05, 3.63) is 35.4 Å². The third-order valence-electron chi connectivity index (χ3n) is 6.26. The Labute approximate surface area is 150 Å². The maximum Gasteiger partial charge on any atom is 0.245 e. The fourth-order valence-corrected chi connectivity index (χ4v) is 4.79. The van der Waals surface area contributed by atoms with Crippen LogP contribution in [-0.4, -0.2) is 47.3 Å². The zero-order valence-corrected chi connectivity index (χ0v) is 15.0. The van der Waals surface area contributed by atoms with Crippen LogP contribution in [-0.2, 0) is 22.4 Å². The third-order valence-corrected chi connectivity index (χ3v) is 6.26. The first-order valence-electron chi connectivity index (χ1n) is 9.90. The predicted octanol–water partition coefficient (Wildman–Crippen LogP) is 2.80. The molecule has 0 aromatic heterocycles. The molecule has 0 bridgehead atoms. The molecule has 1 aromatic rings. The van der Waals surface area contributed by atoms with Gasteiger partial charge in [0.2, 0.25) is 11.8 Å². The van der Waals surface area contributed by atoms with E-state index in [0.717, 1.165) is 71.0 Å². The number of fused-ring (bicyclic) bond motifs is 1. The molecule has 0 radical (unpaired) electrons. The molecule has 0 spiro atoms. The molecule has 1 saturated carbocycles. The van der Waals surface area contributed by atoms with E-state index in [1.54, 1.807) is 0 Å². The summed E-state index contributed by atoms with van der Waals surface area (Å²) in [5.74, 6) is 0.588. The lowest BCUT2D eigenvalue weighted by Gasteiger charge is -2.31. The van der Waals surface area contributed by atoms with Crippen molar-refractivity contribution in [2.24, 2.45) is 5.92 Å². The van der Waals surface area contributed by atoms with Gasteiger partial charge in [-0.3, -0.25) is 9.59 Å². The van der Waals surface area contributed by atoms with Gasteiger partial charge in [-0.25, -0.2) is 0 Å². The lowest BCUT2D eigenvalue weighted by atomic mass is 10.0. The summed E-state index contributed by atoms with van der Waals surface area (Å²) in [7, 11) is 0. The van der Waals surface area contributed by atoms with Crippen LogP contribution in [0.25, 0.3) is 0 Å². The van der Waals surface area contributed by atoms with Crippen LogP contribution >= 0.6 is 0 Å². The van der Waals surface area contributed by atoms with Gasteiger partial charge in [-0.2, -0.15) is 0 Å². The highest BCUT2D eigenvalue weighted by Gasteiger charge is 2.39. The first-order valence-corrected chi connectivity index (χ1v) is 9.90. The van der Waals surface area contributed by atoms with Gasteiger partial charge in [-0.15, -0.1) is 0 Å². The zero-order valence-electron chi connectivity index (χ0n) is 15.0. The van der Waals surface area contributed by atoms with E-state index in [1.165, 1.54) is 11.1 Å². The number of hydrogen-bond donors (Lipinski definition) is 0.